The van der Waals surface area contributed by atoms with Crippen molar-refractivity contribution in [1.82, 2.24) is 0 Å². The Hall–Kier alpha value is -0.940. The third kappa shape index (κ3) is 3.63. The molecule has 1 fully saturated rings. The van der Waals surface area contributed by atoms with Crippen molar-refractivity contribution < 1.29 is 38.6 Å². The average Bonchev–Trinajstić information content (AvgIpc) is 3.02. The van der Waals surface area contributed by atoms with Crippen molar-refractivity contribution in [2.75, 3.05) is 0 Å². The quantitative estimate of drug-likeness (QED) is 0.174. The molecule has 0 radical (unpaired) electrons. The second kappa shape index (κ2) is 8.62. The zero-order chi connectivity index (χ0) is 24.3. The van der Waals surface area contributed by atoms with Crippen LogP contribution >= 0.6 is 12.3 Å². The van der Waals surface area contributed by atoms with E-state index in [0.29, 0.717) is 18.7 Å². The molecule has 4 rings (SSSR count). The zero-order valence-electron chi connectivity index (χ0n) is 20.2. The van der Waals surface area contributed by atoms with Gasteiger partial charge in [0.05, 0.1) is 6.10 Å². The molecule has 0 aliphatic heterocycles. The molecule has 1 saturated carbocycles. The first-order valence-electron chi connectivity index (χ1n) is 11.7. The van der Waals surface area contributed by atoms with Crippen molar-refractivity contribution >= 4 is 18.3 Å². The number of fused-ring (bicyclic) bond motifs is 4. The molecule has 0 spiro atoms. The van der Waals surface area contributed by atoms with Crippen LogP contribution in [0.1, 0.15) is 67.2 Å². The predicted octanol–water partition coefficient (Wildman–Crippen LogP) is 4.14. The Balaban J connectivity index is 1.79. The number of hydrogen-bond donors (Lipinski definition) is 3. The maximum absolute atomic E-state index is 12.1. The van der Waals surface area contributed by atoms with Gasteiger partial charge >= 0.3 is 5.97 Å². The van der Waals surface area contributed by atoms with Crippen LogP contribution in [0.3, 0.4) is 0 Å². The molecule has 0 bridgehead atoms. The summed E-state index contributed by atoms with van der Waals surface area (Å²) in [5, 5.41) is 35.0. The maximum Gasteiger partial charge on any atom is 0.303 e. The molecule has 4 aliphatic carbocycles. The van der Waals surface area contributed by atoms with E-state index in [2.05, 4.69) is 50.1 Å². The normalized spacial score (nSPS) is 44.0. The van der Waals surface area contributed by atoms with E-state index >= 15 is 0 Å². The summed E-state index contributed by atoms with van der Waals surface area (Å²) < 4.78 is 15.9. The SMILES string of the molecule is CC(=O)O[C@H]1[C@H](O)C2=C(CC[C@H]3C(C)(C)[C@@H](OSOOO)[C@H](O)C[C@]23C)C2=CC[C@H](C)[C@]21C. The Morgan fingerprint density at radius 2 is 1.88 bits per heavy atom. The van der Waals surface area contributed by atoms with Gasteiger partial charge in [0.15, 0.2) is 12.3 Å². The molecule has 8 nitrogen and oxygen atoms in total. The number of rotatable bonds is 5. The zero-order valence-corrected chi connectivity index (χ0v) is 21.0. The van der Waals surface area contributed by atoms with Crippen LogP contribution in [-0.2, 0) is 23.1 Å². The molecule has 0 aromatic heterocycles. The first kappa shape index (κ1) is 25.2. The van der Waals surface area contributed by atoms with E-state index in [-0.39, 0.29) is 11.8 Å². The van der Waals surface area contributed by atoms with Crippen molar-refractivity contribution in [2.24, 2.45) is 28.1 Å². The van der Waals surface area contributed by atoms with E-state index in [1.165, 1.54) is 18.1 Å². The van der Waals surface area contributed by atoms with Gasteiger partial charge in [0.1, 0.15) is 18.3 Å². The molecule has 3 N–H and O–H groups in total. The highest BCUT2D eigenvalue weighted by atomic mass is 32.2. The van der Waals surface area contributed by atoms with Crippen LogP contribution in [0.15, 0.2) is 22.8 Å². The number of ether oxygens (including phenoxy) is 1. The van der Waals surface area contributed by atoms with E-state index in [4.69, 9.17) is 14.2 Å². The minimum atomic E-state index is -0.944. The van der Waals surface area contributed by atoms with E-state index in [1.54, 1.807) is 0 Å². The van der Waals surface area contributed by atoms with Gasteiger partial charge in [-0.15, -0.1) is 4.33 Å². The number of carbonyl (C=O) groups is 1. The van der Waals surface area contributed by atoms with Gasteiger partial charge in [0.25, 0.3) is 0 Å². The lowest BCUT2D eigenvalue weighted by atomic mass is 9.45. The van der Waals surface area contributed by atoms with E-state index in [1.807, 2.05) is 0 Å². The molecule has 4 aliphatic rings. The van der Waals surface area contributed by atoms with Crippen LogP contribution in [0.2, 0.25) is 0 Å². The van der Waals surface area contributed by atoms with Gasteiger partial charge in [-0.05, 0) is 65.1 Å². The molecule has 8 atom stereocenters. The van der Waals surface area contributed by atoms with Crippen LogP contribution in [0, 0.1) is 28.1 Å². The van der Waals surface area contributed by atoms with Crippen molar-refractivity contribution in [3.8, 4) is 0 Å². The molecular formula is C24H36O8S. The topological polar surface area (TPSA) is 115 Å². The molecule has 0 amide bonds. The Bertz CT molecular complexity index is 869. The molecular weight excluding hydrogens is 448 g/mol. The van der Waals surface area contributed by atoms with Crippen molar-refractivity contribution in [3.05, 3.63) is 22.8 Å². The molecule has 0 aromatic rings. The average molecular weight is 485 g/mol. The molecule has 33 heavy (non-hydrogen) atoms. The molecule has 0 unspecified atom stereocenters. The third-order valence-electron chi connectivity index (χ3n) is 9.28. The summed E-state index contributed by atoms with van der Waals surface area (Å²) in [4.78, 5) is 12.1. The standard InChI is InChI=1S/C24H36O8S/c1-12-7-9-15-14-8-10-17-22(3,4)20(30-33-32-31-28)16(26)11-23(17,5)18(14)19(27)21(24(12,15)6)29-13(2)25/h9,12,16-17,19-21,26-28H,7-8,10-11H2,1-6H3/t12-,16+,17-,19+,20-,21-,23-,24+/m0/s1. The minimum Gasteiger partial charge on any atom is -0.458 e. The number of carbonyl (C=O) groups excluding carboxylic acids is 1. The first-order chi connectivity index (χ1) is 15.4. The van der Waals surface area contributed by atoms with Crippen LogP contribution in [0.4, 0.5) is 0 Å². The van der Waals surface area contributed by atoms with Crippen molar-refractivity contribution in [3.63, 3.8) is 0 Å². The van der Waals surface area contributed by atoms with Gasteiger partial charge in [-0.1, -0.05) is 45.7 Å². The third-order valence-corrected chi connectivity index (χ3v) is 9.68. The van der Waals surface area contributed by atoms with Gasteiger partial charge < -0.3 is 14.9 Å². The highest BCUT2D eigenvalue weighted by Crippen LogP contribution is 2.66. The Labute approximate surface area is 199 Å². The van der Waals surface area contributed by atoms with Gasteiger partial charge in [-0.2, -0.15) is 0 Å². The minimum absolute atomic E-state index is 0.0872. The lowest BCUT2D eigenvalue weighted by Gasteiger charge is -2.62. The second-order valence-corrected chi connectivity index (χ2v) is 11.7. The Kier molecular flexibility index (Phi) is 6.57. The highest BCUT2D eigenvalue weighted by Gasteiger charge is 2.64. The highest BCUT2D eigenvalue weighted by molar-refractivity contribution is 7.89. The number of hydrogen-bond acceptors (Lipinski definition) is 9. The summed E-state index contributed by atoms with van der Waals surface area (Å²) in [5.41, 5.74) is 1.82. The van der Waals surface area contributed by atoms with Crippen LogP contribution < -0.4 is 0 Å². The fraction of sp³-hybridized carbons (Fsp3) is 0.792. The fourth-order valence-corrected chi connectivity index (χ4v) is 8.28. The predicted molar refractivity (Wildman–Crippen MR) is 121 cm³/mol. The van der Waals surface area contributed by atoms with Gasteiger partial charge in [-0.25, -0.2) is 5.26 Å². The number of esters is 1. The molecule has 9 heteroatoms. The Morgan fingerprint density at radius 3 is 2.52 bits per heavy atom. The van der Waals surface area contributed by atoms with E-state index in [9.17, 15) is 15.0 Å². The second-order valence-electron chi connectivity index (χ2n) is 11.2. The molecule has 0 saturated heterocycles. The summed E-state index contributed by atoms with van der Waals surface area (Å²) in [6.07, 6.45) is 2.17. The van der Waals surface area contributed by atoms with Crippen molar-refractivity contribution in [1.29, 1.82) is 0 Å². The monoisotopic (exact) mass is 484 g/mol. The Morgan fingerprint density at radius 1 is 1.18 bits per heavy atom. The summed E-state index contributed by atoms with van der Waals surface area (Å²) in [5.74, 6) is -0.0758. The summed E-state index contributed by atoms with van der Waals surface area (Å²) in [7, 11) is 0. The first-order valence-corrected chi connectivity index (χ1v) is 12.4. The van der Waals surface area contributed by atoms with Crippen LogP contribution in [0.25, 0.3) is 0 Å². The lowest BCUT2D eigenvalue weighted by Crippen LogP contribution is -2.62. The summed E-state index contributed by atoms with van der Waals surface area (Å²) in [6, 6.07) is 0. The molecule has 186 valence electrons. The van der Waals surface area contributed by atoms with Gasteiger partial charge in [-0.3, -0.25) is 8.98 Å². The largest absolute Gasteiger partial charge is 0.458 e. The number of aliphatic hydroxyl groups excluding tert-OH is 2. The molecule has 0 heterocycles. The number of allylic oxidation sites excluding steroid dienone is 2. The van der Waals surface area contributed by atoms with E-state index < -0.39 is 46.6 Å². The van der Waals surface area contributed by atoms with Crippen LogP contribution in [0.5, 0.6) is 0 Å². The molecule has 0 aromatic carbocycles. The van der Waals surface area contributed by atoms with Crippen molar-refractivity contribution in [2.45, 2.75) is 91.6 Å². The maximum atomic E-state index is 12.1. The number of aliphatic hydroxyl groups is 2. The van der Waals surface area contributed by atoms with Gasteiger partial charge in [0, 0.05) is 12.3 Å². The fourth-order valence-electron chi connectivity index (χ4n) is 7.76. The summed E-state index contributed by atoms with van der Waals surface area (Å²) >= 11 is 0.487. The van der Waals surface area contributed by atoms with Gasteiger partial charge in [0.2, 0.25) is 0 Å². The smallest absolute Gasteiger partial charge is 0.303 e. The van der Waals surface area contributed by atoms with E-state index in [0.717, 1.165) is 24.8 Å². The summed E-state index contributed by atoms with van der Waals surface area (Å²) in [6.45, 7) is 11.9. The van der Waals surface area contributed by atoms with Crippen LogP contribution in [-0.4, -0.2) is 45.9 Å². The lowest BCUT2D eigenvalue weighted by molar-refractivity contribution is -0.434.